The minimum Gasteiger partial charge on any atom is -0.462 e. The molecule has 3 aromatic carbocycles. The van der Waals surface area contributed by atoms with Crippen molar-refractivity contribution >= 4 is 35.0 Å². The number of nitro benzene ring substituents is 1. The van der Waals surface area contributed by atoms with Crippen molar-refractivity contribution in [2.75, 3.05) is 11.9 Å². The van der Waals surface area contributed by atoms with Gasteiger partial charge in [0.05, 0.1) is 17.2 Å². The number of carbonyl (C=O) groups excluding carboxylic acids is 2. The monoisotopic (exact) mass is 595 g/mol. The van der Waals surface area contributed by atoms with E-state index in [-0.39, 0.29) is 24.7 Å². The Morgan fingerprint density at radius 3 is 2.26 bits per heavy atom. The number of non-ortho nitro benzene ring substituents is 1. The van der Waals surface area contributed by atoms with Gasteiger partial charge in [0.15, 0.2) is 0 Å². The summed E-state index contributed by atoms with van der Waals surface area (Å²) in [6, 6.07) is 24.5. The number of thioether (sulfide) groups is 1. The van der Waals surface area contributed by atoms with E-state index in [1.807, 2.05) is 60.7 Å². The molecule has 0 atom stereocenters. The second kappa shape index (κ2) is 13.5. The number of nitrogens with zero attached hydrogens (tertiary/aromatic N) is 6. The summed E-state index contributed by atoms with van der Waals surface area (Å²) in [5.41, 5.74) is 4.00. The number of anilines is 1. The molecule has 5 aromatic rings. The SMILES string of the molecule is CCOC(=O)c1c(SCc2cn(CC(=O)Nc3ccc([N+](=O)[O-])cc3)nn2)nnc(-c2ccccc2)c1-c1ccccc1. The smallest absolute Gasteiger partial charge is 0.341 e. The van der Waals surface area contributed by atoms with Crippen LogP contribution in [0.5, 0.6) is 0 Å². The second-order valence-corrected chi connectivity index (χ2v) is 10.1. The summed E-state index contributed by atoms with van der Waals surface area (Å²) in [5, 5.41) is 31.0. The lowest BCUT2D eigenvalue weighted by Crippen LogP contribution is -2.19. The molecule has 0 aliphatic heterocycles. The molecule has 0 saturated carbocycles. The third-order valence-electron chi connectivity index (χ3n) is 6.14. The fourth-order valence-electron chi connectivity index (χ4n) is 4.24. The van der Waals surface area contributed by atoms with Gasteiger partial charge in [0.1, 0.15) is 22.8 Å². The third kappa shape index (κ3) is 7.08. The molecule has 0 bridgehead atoms. The Kier molecular flexibility index (Phi) is 9.12. The fraction of sp³-hybridized carbons (Fsp3) is 0.133. The molecule has 5 rings (SSSR count). The van der Waals surface area contributed by atoms with Crippen LogP contribution in [0.4, 0.5) is 11.4 Å². The van der Waals surface area contributed by atoms with Crippen LogP contribution in [0.15, 0.2) is 96.2 Å². The largest absolute Gasteiger partial charge is 0.462 e. The van der Waals surface area contributed by atoms with Crippen molar-refractivity contribution in [3.8, 4) is 22.4 Å². The van der Waals surface area contributed by atoms with Crippen molar-refractivity contribution in [3.05, 3.63) is 112 Å². The van der Waals surface area contributed by atoms with Crippen LogP contribution in [-0.2, 0) is 21.8 Å². The van der Waals surface area contributed by atoms with Gasteiger partial charge in [0.25, 0.3) is 5.69 Å². The van der Waals surface area contributed by atoms with Gasteiger partial charge in [-0.05, 0) is 24.6 Å². The maximum Gasteiger partial charge on any atom is 0.341 e. The van der Waals surface area contributed by atoms with E-state index in [1.54, 1.807) is 13.1 Å². The first-order valence-electron chi connectivity index (χ1n) is 13.2. The number of amides is 1. The summed E-state index contributed by atoms with van der Waals surface area (Å²) < 4.78 is 6.84. The predicted molar refractivity (Wildman–Crippen MR) is 160 cm³/mol. The number of hydrogen-bond donors (Lipinski definition) is 1. The van der Waals surface area contributed by atoms with Crippen LogP contribution in [-0.4, -0.2) is 48.6 Å². The van der Waals surface area contributed by atoms with Crippen LogP contribution in [0.3, 0.4) is 0 Å². The molecule has 1 N–H and O–H groups in total. The highest BCUT2D eigenvalue weighted by Crippen LogP contribution is 2.38. The number of rotatable bonds is 11. The second-order valence-electron chi connectivity index (χ2n) is 9.10. The molecule has 0 fully saturated rings. The first-order valence-corrected chi connectivity index (χ1v) is 14.2. The first-order chi connectivity index (χ1) is 20.9. The van der Waals surface area contributed by atoms with Crippen molar-refractivity contribution in [1.29, 1.82) is 0 Å². The fourth-order valence-corrected chi connectivity index (χ4v) is 5.08. The van der Waals surface area contributed by atoms with Gasteiger partial charge < -0.3 is 10.1 Å². The zero-order valence-electron chi connectivity index (χ0n) is 22.9. The number of ether oxygens (including phenoxy) is 1. The summed E-state index contributed by atoms with van der Waals surface area (Å²) in [4.78, 5) is 36.2. The maximum atomic E-state index is 13.4. The van der Waals surface area contributed by atoms with Crippen molar-refractivity contribution in [2.24, 2.45) is 0 Å². The Morgan fingerprint density at radius 1 is 0.930 bits per heavy atom. The molecule has 0 spiro atoms. The van der Waals surface area contributed by atoms with Crippen LogP contribution in [0.25, 0.3) is 22.4 Å². The lowest BCUT2D eigenvalue weighted by Gasteiger charge is -2.16. The maximum absolute atomic E-state index is 13.4. The highest BCUT2D eigenvalue weighted by molar-refractivity contribution is 7.98. The summed E-state index contributed by atoms with van der Waals surface area (Å²) in [6.45, 7) is 1.82. The van der Waals surface area contributed by atoms with Gasteiger partial charge >= 0.3 is 5.97 Å². The van der Waals surface area contributed by atoms with E-state index < -0.39 is 10.9 Å². The lowest BCUT2D eigenvalue weighted by molar-refractivity contribution is -0.384. The van der Waals surface area contributed by atoms with E-state index in [0.717, 1.165) is 11.1 Å². The molecule has 43 heavy (non-hydrogen) atoms. The van der Waals surface area contributed by atoms with Crippen LogP contribution in [0.1, 0.15) is 23.0 Å². The van der Waals surface area contributed by atoms with Crippen LogP contribution < -0.4 is 5.32 Å². The number of carbonyl (C=O) groups is 2. The number of hydrogen-bond acceptors (Lipinski definition) is 10. The normalized spacial score (nSPS) is 10.7. The number of benzene rings is 3. The van der Waals surface area contributed by atoms with Crippen LogP contribution >= 0.6 is 11.8 Å². The van der Waals surface area contributed by atoms with Gasteiger partial charge in [0, 0.05) is 40.9 Å². The third-order valence-corrected chi connectivity index (χ3v) is 7.14. The van der Waals surface area contributed by atoms with Gasteiger partial charge in [-0.15, -0.1) is 15.3 Å². The average molecular weight is 596 g/mol. The van der Waals surface area contributed by atoms with Crippen molar-refractivity contribution < 1.29 is 19.2 Å². The molecule has 1 amide bonds. The zero-order chi connectivity index (χ0) is 30.2. The van der Waals surface area contributed by atoms with Crippen LogP contribution in [0, 0.1) is 10.1 Å². The molecule has 0 aliphatic carbocycles. The van der Waals surface area contributed by atoms with Crippen molar-refractivity contribution in [3.63, 3.8) is 0 Å². The predicted octanol–water partition coefficient (Wildman–Crippen LogP) is 5.42. The van der Waals surface area contributed by atoms with Gasteiger partial charge in [-0.1, -0.05) is 77.6 Å². The number of esters is 1. The minimum absolute atomic E-state index is 0.0715. The van der Waals surface area contributed by atoms with Gasteiger partial charge in [-0.3, -0.25) is 14.9 Å². The Hall–Kier alpha value is -5.43. The van der Waals surface area contributed by atoms with E-state index in [4.69, 9.17) is 4.74 Å². The highest BCUT2D eigenvalue weighted by Gasteiger charge is 2.26. The first kappa shape index (κ1) is 29.1. The standard InChI is InChI=1S/C30H25N7O5S/c1-2-42-30(39)27-26(20-9-5-3-6-10-20)28(21-11-7-4-8-12-21)33-34-29(27)43-19-23-17-36(35-32-23)18-25(38)31-22-13-15-24(16-14-22)37(40)41/h3-17H,2,18-19H2,1H3,(H,31,38). The number of aromatic nitrogens is 5. The Morgan fingerprint density at radius 2 is 1.60 bits per heavy atom. The van der Waals surface area contributed by atoms with E-state index in [1.165, 1.54) is 40.7 Å². The topological polar surface area (TPSA) is 155 Å². The number of nitro groups is 1. The molecular formula is C30H25N7O5S. The summed E-state index contributed by atoms with van der Waals surface area (Å²) in [6.07, 6.45) is 1.62. The molecular weight excluding hydrogens is 570 g/mol. The lowest BCUT2D eigenvalue weighted by atomic mass is 9.96. The number of nitrogens with one attached hydrogen (secondary N) is 1. The van der Waals surface area contributed by atoms with Gasteiger partial charge in [-0.2, -0.15) is 0 Å². The average Bonchev–Trinajstić information content (AvgIpc) is 3.47. The summed E-state index contributed by atoms with van der Waals surface area (Å²) in [5.74, 6) is -0.593. The molecule has 0 aliphatic rings. The molecule has 2 heterocycles. The Balaban J connectivity index is 1.37. The molecule has 0 saturated heterocycles. The Bertz CT molecular complexity index is 1750. The molecule has 216 valence electrons. The Labute approximate surface area is 250 Å². The van der Waals surface area contributed by atoms with E-state index in [2.05, 4.69) is 25.8 Å². The van der Waals surface area contributed by atoms with E-state index >= 15 is 0 Å². The van der Waals surface area contributed by atoms with E-state index in [0.29, 0.717) is 39.0 Å². The molecule has 0 unspecified atom stereocenters. The molecule has 2 aromatic heterocycles. The zero-order valence-corrected chi connectivity index (χ0v) is 23.7. The summed E-state index contributed by atoms with van der Waals surface area (Å²) >= 11 is 1.26. The van der Waals surface area contributed by atoms with E-state index in [9.17, 15) is 19.7 Å². The van der Waals surface area contributed by atoms with Gasteiger partial charge in [0.2, 0.25) is 5.91 Å². The van der Waals surface area contributed by atoms with Crippen molar-refractivity contribution in [1.82, 2.24) is 25.2 Å². The highest BCUT2D eigenvalue weighted by atomic mass is 32.2. The molecule has 12 nitrogen and oxygen atoms in total. The van der Waals surface area contributed by atoms with Crippen molar-refractivity contribution in [2.45, 2.75) is 24.2 Å². The minimum atomic E-state index is -0.512. The summed E-state index contributed by atoms with van der Waals surface area (Å²) in [7, 11) is 0. The molecule has 0 radical (unpaired) electrons. The van der Waals surface area contributed by atoms with Crippen LogP contribution in [0.2, 0.25) is 0 Å². The quantitative estimate of drug-likeness (QED) is 0.0906. The van der Waals surface area contributed by atoms with Gasteiger partial charge in [-0.25, -0.2) is 9.48 Å². The molecule has 13 heteroatoms.